The molecule has 2 saturated heterocycles. The number of ether oxygens (including phenoxy) is 2. The fourth-order valence-electron chi connectivity index (χ4n) is 3.49. The third kappa shape index (κ3) is 6.23. The molecule has 0 amide bonds. The smallest absolute Gasteiger partial charge is 0.475 e. The Morgan fingerprint density at radius 3 is 2.58 bits per heavy atom. The maximum absolute atomic E-state index is 13.0. The Bertz CT molecular complexity index is 869. The van der Waals surface area contributed by atoms with Gasteiger partial charge in [-0.2, -0.15) is 13.2 Å². The molecule has 2 aliphatic heterocycles. The number of anilines is 1. The maximum atomic E-state index is 13.0. The van der Waals surface area contributed by atoms with E-state index in [0.717, 1.165) is 25.8 Å². The van der Waals surface area contributed by atoms with Crippen LogP contribution in [0.2, 0.25) is 0 Å². The number of halogens is 4. The van der Waals surface area contributed by atoms with E-state index in [0.29, 0.717) is 25.0 Å². The first kappa shape index (κ1) is 22.7. The SMILES string of the molecule is Fc1cnc(N2CCC[C@]3(C[C@H](Oc4ccccn4)CO3)C2)nc1.O=C(O)C(F)(F)F. The van der Waals surface area contributed by atoms with Gasteiger partial charge in [0.05, 0.1) is 24.6 Å². The summed E-state index contributed by atoms with van der Waals surface area (Å²) in [5.41, 5.74) is -0.255. The molecule has 0 radical (unpaired) electrons. The van der Waals surface area contributed by atoms with E-state index in [1.54, 1.807) is 6.20 Å². The summed E-state index contributed by atoms with van der Waals surface area (Å²) in [6.07, 6.45) is 1.80. The highest BCUT2D eigenvalue weighted by Gasteiger charge is 2.45. The number of carboxylic acid groups (broad SMARTS) is 1. The van der Waals surface area contributed by atoms with Gasteiger partial charge in [-0.15, -0.1) is 0 Å². The number of pyridine rings is 1. The van der Waals surface area contributed by atoms with E-state index in [4.69, 9.17) is 19.4 Å². The lowest BCUT2D eigenvalue weighted by atomic mass is 9.89. The third-order valence-corrected chi connectivity index (χ3v) is 4.77. The highest BCUT2D eigenvalue weighted by atomic mass is 19.4. The van der Waals surface area contributed by atoms with Crippen LogP contribution in [0.3, 0.4) is 0 Å². The van der Waals surface area contributed by atoms with Crippen LogP contribution in [-0.2, 0) is 9.53 Å². The van der Waals surface area contributed by atoms with Crippen LogP contribution >= 0.6 is 0 Å². The molecule has 0 aliphatic carbocycles. The van der Waals surface area contributed by atoms with Crippen LogP contribution in [0.25, 0.3) is 0 Å². The minimum absolute atomic E-state index is 0.00557. The standard InChI is InChI=1S/C17H19FN4O2.C2HF3O2/c18-13-9-20-16(21-10-13)22-7-3-5-17(12-22)8-14(11-23-17)24-15-4-1-2-6-19-15;3-2(4,5)1(6)7/h1-2,4,6,9-10,14H,3,5,7-8,11-12H2;(H,6,7)/t14-,17-;/m0./s1. The second kappa shape index (κ2) is 9.41. The van der Waals surface area contributed by atoms with Crippen molar-refractivity contribution in [2.75, 3.05) is 24.6 Å². The van der Waals surface area contributed by atoms with E-state index in [1.807, 2.05) is 18.2 Å². The van der Waals surface area contributed by atoms with Crippen LogP contribution in [0.15, 0.2) is 36.8 Å². The van der Waals surface area contributed by atoms with E-state index in [9.17, 15) is 17.6 Å². The molecular formula is C19H20F4N4O4. The van der Waals surface area contributed by atoms with Crippen molar-refractivity contribution in [3.63, 3.8) is 0 Å². The van der Waals surface area contributed by atoms with Gasteiger partial charge in [-0.3, -0.25) is 0 Å². The van der Waals surface area contributed by atoms with Gasteiger partial charge in [-0.05, 0) is 18.9 Å². The van der Waals surface area contributed by atoms with E-state index in [2.05, 4.69) is 19.9 Å². The van der Waals surface area contributed by atoms with Gasteiger partial charge in [0, 0.05) is 31.8 Å². The number of aromatic nitrogens is 3. The Kier molecular flexibility index (Phi) is 6.88. The van der Waals surface area contributed by atoms with Crippen LogP contribution < -0.4 is 9.64 Å². The molecule has 2 fully saturated rings. The van der Waals surface area contributed by atoms with Gasteiger partial charge >= 0.3 is 12.1 Å². The zero-order valence-electron chi connectivity index (χ0n) is 16.3. The number of piperidine rings is 1. The molecule has 168 valence electrons. The molecular weight excluding hydrogens is 424 g/mol. The molecule has 2 aromatic rings. The summed E-state index contributed by atoms with van der Waals surface area (Å²) in [4.78, 5) is 23.3. The summed E-state index contributed by atoms with van der Waals surface area (Å²) < 4.78 is 56.8. The van der Waals surface area contributed by atoms with Crippen LogP contribution in [0.4, 0.5) is 23.5 Å². The van der Waals surface area contributed by atoms with Gasteiger partial charge in [0.1, 0.15) is 6.10 Å². The van der Waals surface area contributed by atoms with Gasteiger partial charge in [0.15, 0.2) is 5.82 Å². The van der Waals surface area contributed by atoms with Crippen molar-refractivity contribution in [1.82, 2.24) is 15.0 Å². The number of carbonyl (C=O) groups is 1. The number of alkyl halides is 3. The summed E-state index contributed by atoms with van der Waals surface area (Å²) in [7, 11) is 0. The molecule has 0 aromatic carbocycles. The predicted octanol–water partition coefficient (Wildman–Crippen LogP) is 2.85. The zero-order valence-corrected chi connectivity index (χ0v) is 16.3. The van der Waals surface area contributed by atoms with Gasteiger partial charge in [-0.1, -0.05) is 6.07 Å². The summed E-state index contributed by atoms with van der Waals surface area (Å²) in [5, 5.41) is 7.12. The maximum Gasteiger partial charge on any atom is 0.490 e. The first-order valence-electron chi connectivity index (χ1n) is 9.41. The zero-order chi connectivity index (χ0) is 22.5. The highest BCUT2D eigenvalue weighted by Crippen LogP contribution is 2.36. The molecule has 2 atom stereocenters. The quantitative estimate of drug-likeness (QED) is 0.722. The van der Waals surface area contributed by atoms with Crippen molar-refractivity contribution in [3.8, 4) is 5.88 Å². The average molecular weight is 444 g/mol. The summed E-state index contributed by atoms with van der Waals surface area (Å²) in [6, 6.07) is 5.62. The molecule has 0 unspecified atom stereocenters. The van der Waals surface area contributed by atoms with Crippen molar-refractivity contribution < 1.29 is 36.9 Å². The number of rotatable bonds is 3. The van der Waals surface area contributed by atoms with Gasteiger partial charge < -0.3 is 19.5 Å². The molecule has 8 nitrogen and oxygen atoms in total. The Labute approximate surface area is 174 Å². The number of aliphatic carboxylic acids is 1. The van der Waals surface area contributed by atoms with Crippen molar-refractivity contribution in [3.05, 3.63) is 42.6 Å². The fourth-order valence-corrected chi connectivity index (χ4v) is 3.49. The summed E-state index contributed by atoms with van der Waals surface area (Å²) in [5.74, 6) is -2.01. The van der Waals surface area contributed by atoms with Crippen molar-refractivity contribution in [2.45, 2.75) is 37.1 Å². The van der Waals surface area contributed by atoms with Crippen LogP contribution in [0.1, 0.15) is 19.3 Å². The number of hydrogen-bond acceptors (Lipinski definition) is 7. The Balaban J connectivity index is 0.000000339. The number of carboxylic acids is 1. The van der Waals surface area contributed by atoms with Gasteiger partial charge in [0.2, 0.25) is 11.8 Å². The Morgan fingerprint density at radius 2 is 1.97 bits per heavy atom. The lowest BCUT2D eigenvalue weighted by Gasteiger charge is -2.39. The Hall–Kier alpha value is -3.02. The second-order valence-corrected chi connectivity index (χ2v) is 7.14. The lowest BCUT2D eigenvalue weighted by Crippen LogP contribution is -2.48. The first-order chi connectivity index (χ1) is 14.7. The van der Waals surface area contributed by atoms with E-state index >= 15 is 0 Å². The molecule has 1 N–H and O–H groups in total. The second-order valence-electron chi connectivity index (χ2n) is 7.14. The van der Waals surface area contributed by atoms with Gasteiger partial charge in [0.25, 0.3) is 0 Å². The number of nitrogens with zero attached hydrogens (tertiary/aromatic N) is 4. The minimum Gasteiger partial charge on any atom is -0.475 e. The van der Waals surface area contributed by atoms with Crippen molar-refractivity contribution in [1.29, 1.82) is 0 Å². The molecule has 12 heteroatoms. The highest BCUT2D eigenvalue weighted by molar-refractivity contribution is 5.73. The average Bonchev–Trinajstić information content (AvgIpc) is 3.10. The molecule has 4 rings (SSSR count). The summed E-state index contributed by atoms with van der Waals surface area (Å²) >= 11 is 0. The van der Waals surface area contributed by atoms with Gasteiger partial charge in [-0.25, -0.2) is 24.1 Å². The lowest BCUT2D eigenvalue weighted by molar-refractivity contribution is -0.192. The van der Waals surface area contributed by atoms with Crippen molar-refractivity contribution in [2.24, 2.45) is 0 Å². The fraction of sp³-hybridized carbons (Fsp3) is 0.474. The molecule has 0 bridgehead atoms. The number of hydrogen-bond donors (Lipinski definition) is 1. The molecule has 1 spiro atoms. The van der Waals surface area contributed by atoms with E-state index < -0.39 is 18.0 Å². The van der Waals surface area contributed by atoms with E-state index in [1.165, 1.54) is 12.4 Å². The monoisotopic (exact) mass is 444 g/mol. The molecule has 2 aromatic heterocycles. The largest absolute Gasteiger partial charge is 0.490 e. The van der Waals surface area contributed by atoms with Crippen LogP contribution in [0.5, 0.6) is 5.88 Å². The first-order valence-corrected chi connectivity index (χ1v) is 9.41. The predicted molar refractivity (Wildman–Crippen MR) is 99.1 cm³/mol. The Morgan fingerprint density at radius 1 is 1.26 bits per heavy atom. The van der Waals surface area contributed by atoms with Crippen molar-refractivity contribution >= 4 is 11.9 Å². The van der Waals surface area contributed by atoms with Crippen LogP contribution in [0, 0.1) is 5.82 Å². The summed E-state index contributed by atoms with van der Waals surface area (Å²) in [6.45, 7) is 2.10. The minimum atomic E-state index is -5.08. The van der Waals surface area contributed by atoms with E-state index in [-0.39, 0.29) is 11.7 Å². The molecule has 2 aliphatic rings. The molecule has 31 heavy (non-hydrogen) atoms. The topological polar surface area (TPSA) is 97.7 Å². The molecule has 4 heterocycles. The molecule has 0 saturated carbocycles. The normalized spacial score (nSPS) is 23.2. The van der Waals surface area contributed by atoms with Crippen LogP contribution in [-0.4, -0.2) is 63.6 Å². The third-order valence-electron chi connectivity index (χ3n) is 4.77.